The highest BCUT2D eigenvalue weighted by Crippen LogP contribution is 2.18. The van der Waals surface area contributed by atoms with Crippen molar-refractivity contribution < 1.29 is 26.4 Å². The van der Waals surface area contributed by atoms with Crippen LogP contribution in [-0.4, -0.2) is 20.1 Å². The van der Waals surface area contributed by atoms with Gasteiger partial charge in [0, 0.05) is 11.8 Å². The van der Waals surface area contributed by atoms with Crippen molar-refractivity contribution in [1.29, 1.82) is 0 Å². The van der Waals surface area contributed by atoms with E-state index in [2.05, 4.69) is 19.9 Å². The van der Waals surface area contributed by atoms with E-state index in [0.717, 1.165) is 42.0 Å². The number of halogens is 3. The fraction of sp³-hybridized carbons (Fsp3) is 0.0952. The van der Waals surface area contributed by atoms with Gasteiger partial charge in [0.2, 0.25) is 20.0 Å². The third-order valence-corrected chi connectivity index (χ3v) is 5.46. The molecule has 0 aromatic heterocycles. The lowest BCUT2D eigenvalue weighted by molar-refractivity contribution is 0.0989. The number of rotatable bonds is 7. The predicted molar refractivity (Wildman–Crippen MR) is 111 cm³/mol. The molecular formula is C21H16F3N4O3S+. The summed E-state index contributed by atoms with van der Waals surface area (Å²) in [6.45, 7) is 0. The van der Waals surface area contributed by atoms with E-state index in [9.17, 15) is 26.4 Å². The number of carbonyl (C=O) groups is 1. The third kappa shape index (κ3) is 6.34. The SMILES string of the molecule is O=C(N=[N+]=Nc1ccc(F)c(F)c1)c1cc(NS(=O)(=O)CCc2ccccc2)ccc1F. The molecule has 7 nitrogen and oxygen atoms in total. The van der Waals surface area contributed by atoms with Gasteiger partial charge < -0.3 is 0 Å². The van der Waals surface area contributed by atoms with E-state index in [1.54, 1.807) is 24.3 Å². The summed E-state index contributed by atoms with van der Waals surface area (Å²) in [6.07, 6.45) is 0.267. The van der Waals surface area contributed by atoms with E-state index in [0.29, 0.717) is 0 Å². The molecule has 0 aliphatic rings. The van der Waals surface area contributed by atoms with Crippen LogP contribution in [0, 0.1) is 17.5 Å². The van der Waals surface area contributed by atoms with Crippen LogP contribution in [-0.2, 0) is 16.4 Å². The zero-order valence-corrected chi connectivity index (χ0v) is 17.2. The van der Waals surface area contributed by atoms with Crippen LogP contribution in [0.3, 0.4) is 0 Å². The van der Waals surface area contributed by atoms with Crippen molar-refractivity contribution in [2.75, 3.05) is 10.5 Å². The van der Waals surface area contributed by atoms with Gasteiger partial charge >= 0.3 is 5.91 Å². The Kier molecular flexibility index (Phi) is 7.14. The van der Waals surface area contributed by atoms with E-state index in [-0.39, 0.29) is 23.5 Å². The van der Waals surface area contributed by atoms with Crippen LogP contribution in [0.5, 0.6) is 0 Å². The van der Waals surface area contributed by atoms with Gasteiger partial charge in [-0.3, -0.25) is 9.52 Å². The largest absolute Gasteiger partial charge is 0.363 e. The van der Waals surface area contributed by atoms with Crippen molar-refractivity contribution in [2.24, 2.45) is 10.2 Å². The molecule has 3 rings (SSSR count). The number of carbonyl (C=O) groups excluding carboxylic acids is 1. The zero-order valence-electron chi connectivity index (χ0n) is 16.4. The van der Waals surface area contributed by atoms with Crippen molar-refractivity contribution in [3.05, 3.63) is 95.3 Å². The fourth-order valence-corrected chi connectivity index (χ4v) is 3.69. The standard InChI is InChI=1S/C21H16F3N4O3S/c22-18-8-7-16(27-32(30,31)11-10-14-4-2-1-3-5-14)12-17(18)21(29)26-28-25-15-6-9-19(23)20(24)13-15/h1-9,12-13,27H,10-11H2/q+1. The van der Waals surface area contributed by atoms with Crippen molar-refractivity contribution >= 4 is 27.3 Å². The molecule has 0 bridgehead atoms. The Morgan fingerprint density at radius 2 is 1.62 bits per heavy atom. The van der Waals surface area contributed by atoms with Gasteiger partial charge in [0.1, 0.15) is 5.82 Å². The maximum atomic E-state index is 14.0. The smallest absolute Gasteiger partial charge is 0.284 e. The van der Waals surface area contributed by atoms with Crippen LogP contribution in [0.4, 0.5) is 24.5 Å². The molecular weight excluding hydrogens is 445 g/mol. The summed E-state index contributed by atoms with van der Waals surface area (Å²) in [4.78, 5) is 15.3. The Balaban J connectivity index is 1.72. The molecule has 0 radical (unpaired) electrons. The summed E-state index contributed by atoms with van der Waals surface area (Å²) in [6, 6.07) is 14.7. The van der Waals surface area contributed by atoms with Crippen LogP contribution in [0.1, 0.15) is 15.9 Å². The fourth-order valence-electron chi connectivity index (χ4n) is 2.60. The molecule has 1 N–H and O–H groups in total. The highest BCUT2D eigenvalue weighted by atomic mass is 32.2. The molecule has 0 saturated heterocycles. The quantitative estimate of drug-likeness (QED) is 0.413. The lowest BCUT2D eigenvalue weighted by Gasteiger charge is -2.09. The third-order valence-electron chi connectivity index (χ3n) is 4.17. The van der Waals surface area contributed by atoms with Gasteiger partial charge in [0.05, 0.1) is 11.3 Å². The van der Waals surface area contributed by atoms with Gasteiger partial charge in [-0.15, -0.1) is 0 Å². The van der Waals surface area contributed by atoms with Gasteiger partial charge in [-0.05, 0) is 42.3 Å². The molecule has 1 amide bonds. The molecule has 3 aromatic carbocycles. The van der Waals surface area contributed by atoms with Gasteiger partial charge in [-0.2, -0.15) is 0 Å². The number of hydrogen-bond acceptors (Lipinski definition) is 4. The van der Waals surface area contributed by atoms with Crippen LogP contribution in [0.25, 0.3) is 0 Å². The molecule has 0 spiro atoms. The van der Waals surface area contributed by atoms with E-state index in [1.165, 1.54) is 0 Å². The minimum absolute atomic E-state index is 0.0319. The molecule has 164 valence electrons. The zero-order chi connectivity index (χ0) is 23.1. The number of sulfonamides is 1. The van der Waals surface area contributed by atoms with Gasteiger partial charge in [-0.25, -0.2) is 21.6 Å². The van der Waals surface area contributed by atoms with Crippen molar-refractivity contribution in [3.63, 3.8) is 0 Å². The highest BCUT2D eigenvalue weighted by molar-refractivity contribution is 7.92. The number of nitrogens with zero attached hydrogens (tertiary/aromatic N) is 3. The number of hydrogen-bond donors (Lipinski definition) is 1. The van der Waals surface area contributed by atoms with Crippen LogP contribution >= 0.6 is 0 Å². The van der Waals surface area contributed by atoms with Gasteiger partial charge in [0.25, 0.3) is 0 Å². The number of nitrogens with one attached hydrogen (secondary N) is 1. The van der Waals surface area contributed by atoms with Crippen molar-refractivity contribution in [2.45, 2.75) is 6.42 Å². The summed E-state index contributed by atoms with van der Waals surface area (Å²) < 4.78 is 67.0. The normalized spacial score (nSPS) is 10.8. The van der Waals surface area contributed by atoms with E-state index < -0.39 is 38.9 Å². The Labute approximate surface area is 181 Å². The molecule has 0 unspecified atom stereocenters. The molecule has 0 saturated carbocycles. The van der Waals surface area contributed by atoms with Crippen molar-refractivity contribution in [1.82, 2.24) is 4.91 Å². The number of aryl methyl sites for hydroxylation is 1. The minimum atomic E-state index is -3.77. The van der Waals surface area contributed by atoms with Gasteiger partial charge in [0.15, 0.2) is 22.4 Å². The predicted octanol–water partition coefficient (Wildman–Crippen LogP) is 4.53. The second-order valence-electron chi connectivity index (χ2n) is 6.54. The van der Waals surface area contributed by atoms with E-state index in [1.807, 2.05) is 6.07 Å². The topological polar surface area (TPSA) is 102 Å². The summed E-state index contributed by atoms with van der Waals surface area (Å²) in [5.74, 6) is -4.55. The summed E-state index contributed by atoms with van der Waals surface area (Å²) in [7, 11) is -3.77. The second kappa shape index (κ2) is 9.99. The summed E-state index contributed by atoms with van der Waals surface area (Å²) in [5, 5.41) is 6.64. The molecule has 0 aliphatic carbocycles. The molecule has 0 heterocycles. The Hall–Kier alpha value is -3.82. The first-order valence-electron chi connectivity index (χ1n) is 9.18. The maximum absolute atomic E-state index is 14.0. The van der Waals surface area contributed by atoms with E-state index >= 15 is 0 Å². The second-order valence-corrected chi connectivity index (χ2v) is 8.39. The molecule has 0 aliphatic heterocycles. The molecule has 11 heteroatoms. The number of benzene rings is 3. The molecule has 0 atom stereocenters. The van der Waals surface area contributed by atoms with Crippen LogP contribution in [0.15, 0.2) is 77.0 Å². The number of anilines is 1. The first kappa shape index (κ1) is 22.9. The maximum Gasteiger partial charge on any atom is 0.363 e. The first-order valence-corrected chi connectivity index (χ1v) is 10.8. The lowest BCUT2D eigenvalue weighted by atomic mass is 10.2. The Bertz CT molecular complexity index is 1310. The van der Waals surface area contributed by atoms with Crippen molar-refractivity contribution in [3.8, 4) is 0 Å². The number of amides is 1. The van der Waals surface area contributed by atoms with Crippen LogP contribution < -0.4 is 9.63 Å². The monoisotopic (exact) mass is 461 g/mol. The minimum Gasteiger partial charge on any atom is -0.284 e. The average molecular weight is 461 g/mol. The summed E-state index contributed by atoms with van der Waals surface area (Å²) in [5.41, 5.74) is 0.145. The average Bonchev–Trinajstić information content (AvgIpc) is 2.76. The molecule has 0 fully saturated rings. The Morgan fingerprint density at radius 1 is 0.906 bits per heavy atom. The molecule has 3 aromatic rings. The lowest BCUT2D eigenvalue weighted by Crippen LogP contribution is -2.18. The summed E-state index contributed by atoms with van der Waals surface area (Å²) >= 11 is 0. The molecule has 32 heavy (non-hydrogen) atoms. The van der Waals surface area contributed by atoms with Crippen LogP contribution in [0.2, 0.25) is 0 Å². The first-order chi connectivity index (χ1) is 15.2. The highest BCUT2D eigenvalue weighted by Gasteiger charge is 2.18. The van der Waals surface area contributed by atoms with E-state index in [4.69, 9.17) is 0 Å². The van der Waals surface area contributed by atoms with Gasteiger partial charge in [-0.1, -0.05) is 30.3 Å². The Morgan fingerprint density at radius 3 is 2.34 bits per heavy atom.